The van der Waals surface area contributed by atoms with E-state index in [0.29, 0.717) is 5.15 Å². The van der Waals surface area contributed by atoms with Gasteiger partial charge >= 0.3 is 0 Å². The van der Waals surface area contributed by atoms with Crippen LogP contribution in [0.15, 0.2) is 34.4 Å². The van der Waals surface area contributed by atoms with Gasteiger partial charge in [-0.05, 0) is 11.5 Å². The summed E-state index contributed by atoms with van der Waals surface area (Å²) >= 11 is 7.92. The number of halogens is 1. The van der Waals surface area contributed by atoms with E-state index < -0.39 is 0 Å². The van der Waals surface area contributed by atoms with E-state index >= 15 is 0 Å². The molecule has 7 heteroatoms. The molecule has 0 aromatic carbocycles. The first-order valence-electron chi connectivity index (χ1n) is 7.43. The minimum absolute atomic E-state index is 0.0806. The van der Waals surface area contributed by atoms with Gasteiger partial charge in [0, 0.05) is 37.1 Å². The summed E-state index contributed by atoms with van der Waals surface area (Å²) in [5, 5.41) is 3.85. The van der Waals surface area contributed by atoms with Gasteiger partial charge in [0.25, 0.3) is 0 Å². The zero-order valence-corrected chi connectivity index (χ0v) is 13.7. The molecular formula is C15H17ClN4OS. The van der Waals surface area contributed by atoms with Gasteiger partial charge < -0.3 is 9.64 Å². The molecule has 0 N–H and O–H groups in total. The summed E-state index contributed by atoms with van der Waals surface area (Å²) in [4.78, 5) is 13.7. The second-order valence-corrected chi connectivity index (χ2v) is 6.73. The van der Waals surface area contributed by atoms with Crippen molar-refractivity contribution in [2.75, 3.05) is 39.4 Å². The van der Waals surface area contributed by atoms with E-state index in [1.54, 1.807) is 18.0 Å². The molecule has 1 saturated heterocycles. The van der Waals surface area contributed by atoms with E-state index in [9.17, 15) is 0 Å². The lowest BCUT2D eigenvalue weighted by molar-refractivity contribution is 0.0405. The van der Waals surface area contributed by atoms with Crippen molar-refractivity contribution >= 4 is 28.5 Å². The number of hydrogen-bond donors (Lipinski definition) is 0. The molecule has 3 aliphatic rings. The Morgan fingerprint density at radius 3 is 3.05 bits per heavy atom. The molecule has 4 heterocycles. The lowest BCUT2D eigenvalue weighted by atomic mass is 10.1. The van der Waals surface area contributed by atoms with Gasteiger partial charge in [0.1, 0.15) is 5.15 Å². The highest BCUT2D eigenvalue weighted by molar-refractivity contribution is 8.16. The Hall–Kier alpha value is -1.08. The van der Waals surface area contributed by atoms with Crippen LogP contribution in [0.5, 0.6) is 0 Å². The van der Waals surface area contributed by atoms with Crippen molar-refractivity contribution in [1.29, 1.82) is 0 Å². The second kappa shape index (κ2) is 6.20. The summed E-state index contributed by atoms with van der Waals surface area (Å²) in [7, 11) is 0. The summed E-state index contributed by atoms with van der Waals surface area (Å²) in [5.74, 6) is 0. The first kappa shape index (κ1) is 14.5. The van der Waals surface area contributed by atoms with Crippen molar-refractivity contribution in [2.24, 2.45) is 4.99 Å². The first-order valence-corrected chi connectivity index (χ1v) is 8.68. The van der Waals surface area contributed by atoms with Crippen molar-refractivity contribution in [3.05, 3.63) is 40.2 Å². The maximum atomic E-state index is 6.21. The van der Waals surface area contributed by atoms with E-state index in [2.05, 4.69) is 20.2 Å². The van der Waals surface area contributed by atoms with Gasteiger partial charge in [-0.15, -0.1) is 0 Å². The van der Waals surface area contributed by atoms with Gasteiger partial charge in [-0.25, -0.2) is 4.98 Å². The minimum atomic E-state index is 0.0806. The molecule has 0 spiro atoms. The van der Waals surface area contributed by atoms with Gasteiger partial charge in [-0.1, -0.05) is 29.4 Å². The van der Waals surface area contributed by atoms with Crippen LogP contribution in [-0.4, -0.2) is 59.3 Å². The Balaban J connectivity index is 1.46. The van der Waals surface area contributed by atoms with E-state index in [0.717, 1.165) is 50.1 Å². The van der Waals surface area contributed by atoms with E-state index in [4.69, 9.17) is 21.3 Å². The topological polar surface area (TPSA) is 41.0 Å². The van der Waals surface area contributed by atoms with Crippen molar-refractivity contribution in [3.8, 4) is 0 Å². The smallest absolute Gasteiger partial charge is 0.168 e. The summed E-state index contributed by atoms with van der Waals surface area (Å²) in [5.41, 5.74) is 2.34. The molecule has 1 atom stereocenters. The molecule has 0 aliphatic carbocycles. The Morgan fingerprint density at radius 2 is 2.23 bits per heavy atom. The number of thioether (sulfide) groups is 1. The molecule has 5 nitrogen and oxygen atoms in total. The zero-order valence-electron chi connectivity index (χ0n) is 12.1. The molecule has 1 aromatic heterocycles. The summed E-state index contributed by atoms with van der Waals surface area (Å²) in [6, 6.07) is 4.02. The van der Waals surface area contributed by atoms with E-state index in [1.807, 2.05) is 12.1 Å². The summed E-state index contributed by atoms with van der Waals surface area (Å²) < 4.78 is 5.41. The molecule has 0 amide bonds. The molecule has 1 unspecified atom stereocenters. The van der Waals surface area contributed by atoms with Crippen molar-refractivity contribution < 1.29 is 4.74 Å². The quantitative estimate of drug-likeness (QED) is 0.793. The number of fused-ring (bicyclic) bond motifs is 1. The average molecular weight is 337 g/mol. The van der Waals surface area contributed by atoms with Crippen LogP contribution in [0.3, 0.4) is 0 Å². The highest BCUT2D eigenvalue weighted by Crippen LogP contribution is 2.38. The number of amidine groups is 1. The standard InChI is InChI=1S/C15H17ClN4OS/c16-14-12(2-1-3-17-14)13-9-20-11(10-22-15(20)18-13)8-19-4-6-21-7-5-19/h1-3,10,13H,4-9H2. The molecule has 0 saturated carbocycles. The van der Waals surface area contributed by atoms with Gasteiger partial charge in [0.15, 0.2) is 5.17 Å². The van der Waals surface area contributed by atoms with Crippen LogP contribution >= 0.6 is 23.4 Å². The highest BCUT2D eigenvalue weighted by Gasteiger charge is 2.34. The fraction of sp³-hybridized carbons (Fsp3) is 0.467. The molecule has 4 rings (SSSR count). The molecule has 0 bridgehead atoms. The number of rotatable bonds is 3. The number of aromatic nitrogens is 1. The van der Waals surface area contributed by atoms with Crippen molar-refractivity contribution in [3.63, 3.8) is 0 Å². The van der Waals surface area contributed by atoms with Gasteiger partial charge in [0.2, 0.25) is 0 Å². The molecule has 116 valence electrons. The van der Waals surface area contributed by atoms with Crippen LogP contribution in [0, 0.1) is 0 Å². The Kier molecular flexibility index (Phi) is 4.09. The number of morpholine rings is 1. The second-order valence-electron chi connectivity index (χ2n) is 5.54. The highest BCUT2D eigenvalue weighted by atomic mass is 35.5. The normalized spacial score (nSPS) is 25.1. The third-order valence-electron chi connectivity index (χ3n) is 4.14. The Bertz CT molecular complexity index is 630. The van der Waals surface area contributed by atoms with E-state index in [-0.39, 0.29) is 6.04 Å². The first-order chi connectivity index (χ1) is 10.8. The monoisotopic (exact) mass is 336 g/mol. The van der Waals surface area contributed by atoms with Crippen LogP contribution in [0.4, 0.5) is 0 Å². The molecule has 3 aliphatic heterocycles. The van der Waals surface area contributed by atoms with E-state index in [1.165, 1.54) is 5.70 Å². The fourth-order valence-corrected chi connectivity index (χ4v) is 4.13. The maximum absolute atomic E-state index is 6.21. The Labute approximate surface area is 139 Å². The maximum Gasteiger partial charge on any atom is 0.168 e. The third kappa shape index (κ3) is 2.76. The van der Waals surface area contributed by atoms with Crippen LogP contribution in [0.1, 0.15) is 11.6 Å². The molecule has 1 fully saturated rings. The summed E-state index contributed by atoms with van der Waals surface area (Å²) in [6.07, 6.45) is 1.72. The number of nitrogens with zero attached hydrogens (tertiary/aromatic N) is 4. The number of aliphatic imine (C=N–C) groups is 1. The molecule has 22 heavy (non-hydrogen) atoms. The number of ether oxygens (including phenoxy) is 1. The summed E-state index contributed by atoms with van der Waals surface area (Å²) in [6.45, 7) is 5.47. The predicted octanol–water partition coefficient (Wildman–Crippen LogP) is 2.37. The number of hydrogen-bond acceptors (Lipinski definition) is 6. The van der Waals surface area contributed by atoms with Crippen molar-refractivity contribution in [1.82, 2.24) is 14.8 Å². The molecule has 1 aromatic rings. The van der Waals surface area contributed by atoms with Crippen LogP contribution in [-0.2, 0) is 4.74 Å². The SMILES string of the molecule is Clc1ncccc1C1CN2C(CN3CCOCC3)=CSC2=N1. The molecule has 0 radical (unpaired) electrons. The third-order valence-corrected chi connectivity index (χ3v) is 5.38. The van der Waals surface area contributed by atoms with Crippen LogP contribution < -0.4 is 0 Å². The van der Waals surface area contributed by atoms with Gasteiger partial charge in [0.05, 0.1) is 25.8 Å². The largest absolute Gasteiger partial charge is 0.379 e. The minimum Gasteiger partial charge on any atom is -0.379 e. The van der Waals surface area contributed by atoms with Crippen LogP contribution in [0.25, 0.3) is 0 Å². The zero-order chi connectivity index (χ0) is 14.9. The van der Waals surface area contributed by atoms with Crippen molar-refractivity contribution in [2.45, 2.75) is 6.04 Å². The molecular weight excluding hydrogens is 320 g/mol. The van der Waals surface area contributed by atoms with Gasteiger partial charge in [-0.3, -0.25) is 9.89 Å². The lowest BCUT2D eigenvalue weighted by Gasteiger charge is -2.29. The van der Waals surface area contributed by atoms with Crippen LogP contribution in [0.2, 0.25) is 5.15 Å². The lowest BCUT2D eigenvalue weighted by Crippen LogP contribution is -2.39. The van der Waals surface area contributed by atoms with Gasteiger partial charge in [-0.2, -0.15) is 0 Å². The Morgan fingerprint density at radius 1 is 1.36 bits per heavy atom. The average Bonchev–Trinajstić information content (AvgIpc) is 3.11. The number of pyridine rings is 1. The predicted molar refractivity (Wildman–Crippen MR) is 89.1 cm³/mol. The fourth-order valence-electron chi connectivity index (χ4n) is 2.94.